The normalized spacial score (nSPS) is 16.6. The third kappa shape index (κ3) is 7.92. The molecule has 1 aliphatic rings. The highest BCUT2D eigenvalue weighted by atomic mass is 31.1. The monoisotopic (exact) mass is 683 g/mol. The van der Waals surface area contributed by atoms with Crippen molar-refractivity contribution in [3.63, 3.8) is 0 Å². The lowest BCUT2D eigenvalue weighted by molar-refractivity contribution is 0.603. The summed E-state index contributed by atoms with van der Waals surface area (Å²) >= 11 is 0. The predicted octanol–water partition coefficient (Wildman–Crippen LogP) is 14.2. The maximum absolute atomic E-state index is 4.11. The van der Waals surface area contributed by atoms with Gasteiger partial charge in [0.05, 0.1) is 11.8 Å². The van der Waals surface area contributed by atoms with Crippen LogP contribution >= 0.6 is 8.58 Å². The lowest BCUT2D eigenvalue weighted by Crippen LogP contribution is -2.25. The number of unbranched alkanes of at least 4 members (excludes halogenated alkanes) is 1. The van der Waals surface area contributed by atoms with Crippen LogP contribution in [-0.2, 0) is 6.42 Å². The molecule has 1 N–H and O–H groups in total. The zero-order valence-corrected chi connectivity index (χ0v) is 31.5. The molecule has 3 atom stereocenters. The van der Waals surface area contributed by atoms with Gasteiger partial charge in [0.15, 0.2) is 0 Å². The number of nitrogens with one attached hydrogen (secondary N) is 1. The van der Waals surface area contributed by atoms with Crippen LogP contribution in [0.3, 0.4) is 0 Å². The lowest BCUT2D eigenvalue weighted by Gasteiger charge is -2.32. The first-order valence-electron chi connectivity index (χ1n) is 18.6. The number of rotatable bonds is 10. The zero-order valence-electron chi connectivity index (χ0n) is 30.5. The maximum atomic E-state index is 4.11. The van der Waals surface area contributed by atoms with E-state index >= 15 is 0 Å². The van der Waals surface area contributed by atoms with Crippen LogP contribution in [0.2, 0.25) is 0 Å². The molecule has 0 aromatic heterocycles. The van der Waals surface area contributed by atoms with E-state index in [1.54, 1.807) is 0 Å². The molecule has 1 heterocycles. The van der Waals surface area contributed by atoms with E-state index in [0.717, 1.165) is 6.42 Å². The minimum atomic E-state index is 0.0592. The largest absolute Gasteiger partial charge is 0.296 e. The van der Waals surface area contributed by atoms with Gasteiger partial charge in [-0.25, -0.2) is 0 Å². The third-order valence-electron chi connectivity index (χ3n) is 9.57. The summed E-state index contributed by atoms with van der Waals surface area (Å²) < 4.78 is 0. The number of fused-ring (bicyclic) bond motifs is 2. The van der Waals surface area contributed by atoms with E-state index < -0.39 is 0 Å². The third-order valence-corrected chi connectivity index (χ3v) is 11.1. The minimum Gasteiger partial charge on any atom is -0.296 e. The Bertz CT molecular complexity index is 2180. The van der Waals surface area contributed by atoms with E-state index in [2.05, 4.69) is 177 Å². The Morgan fingerprint density at radius 2 is 1.39 bits per heavy atom. The highest BCUT2D eigenvalue weighted by Crippen LogP contribution is 2.50. The van der Waals surface area contributed by atoms with Crippen LogP contribution in [0.4, 0.5) is 0 Å². The smallest absolute Gasteiger partial charge is 0.0542 e. The molecule has 0 aliphatic carbocycles. The lowest BCUT2D eigenvalue weighted by atomic mass is 9.83. The highest BCUT2D eigenvalue weighted by molar-refractivity contribution is 7.51. The van der Waals surface area contributed by atoms with Crippen LogP contribution in [0.5, 0.6) is 0 Å². The van der Waals surface area contributed by atoms with E-state index in [9.17, 15) is 0 Å². The second kappa shape index (κ2) is 17.4. The van der Waals surface area contributed by atoms with Crippen molar-refractivity contribution in [2.75, 3.05) is 0 Å². The molecular formula is C49H50NP. The Morgan fingerprint density at radius 1 is 0.725 bits per heavy atom. The molecule has 7 rings (SSSR count). The first-order chi connectivity index (χ1) is 25.2. The average Bonchev–Trinajstić information content (AvgIpc) is 3.20. The second-order valence-corrected chi connectivity index (χ2v) is 14.2. The summed E-state index contributed by atoms with van der Waals surface area (Å²) in [6.45, 7) is 12.5. The van der Waals surface area contributed by atoms with Crippen molar-refractivity contribution in [1.29, 1.82) is 0 Å². The summed E-state index contributed by atoms with van der Waals surface area (Å²) in [6.07, 6.45) is 14.4. The van der Waals surface area contributed by atoms with Crippen LogP contribution < -0.4 is 5.32 Å². The van der Waals surface area contributed by atoms with Gasteiger partial charge >= 0.3 is 0 Å². The highest BCUT2D eigenvalue weighted by Gasteiger charge is 2.26. The van der Waals surface area contributed by atoms with Crippen LogP contribution in [-0.4, -0.2) is 0 Å². The molecule has 6 aromatic rings. The molecule has 2 heteroatoms. The van der Waals surface area contributed by atoms with E-state index in [1.165, 1.54) is 84.2 Å². The number of allylic oxidation sites excluding steroid dienone is 5. The fraction of sp³-hybridized carbons (Fsp3) is 0.184. The molecule has 1 nitrogen and oxygen atoms in total. The van der Waals surface area contributed by atoms with Crippen molar-refractivity contribution in [2.45, 2.75) is 58.8 Å². The van der Waals surface area contributed by atoms with Gasteiger partial charge in [0.2, 0.25) is 0 Å². The Labute approximate surface area is 307 Å². The van der Waals surface area contributed by atoms with E-state index in [-0.39, 0.29) is 11.8 Å². The van der Waals surface area contributed by atoms with Crippen molar-refractivity contribution in [3.8, 4) is 11.1 Å². The Balaban J connectivity index is 0.00000220. The molecule has 51 heavy (non-hydrogen) atoms. The second-order valence-electron chi connectivity index (χ2n) is 12.8. The van der Waals surface area contributed by atoms with Crippen LogP contribution in [0.15, 0.2) is 164 Å². The standard InChI is InChI=1S/C47H44NP.C2H6/c1-4-7-19-33-26-28-39-41(30-33)45(35(17-5-2)18-6-3)40-29-27-38(31-42(40)46(39)36-22-13-9-14-23-36)43-32-44(34-20-11-8-12-21-34)49-47(48-43)37-24-15-10-16-25-37;1-2/h5-6,8-18,20-32,43,47-49H,2,4,7,19H2,1,3H3;1-2H3/b18-6-,35-17+;. The Hall–Kier alpha value is -4.81. The van der Waals surface area contributed by atoms with Gasteiger partial charge < -0.3 is 0 Å². The molecule has 0 saturated heterocycles. The van der Waals surface area contributed by atoms with Gasteiger partial charge in [-0.2, -0.15) is 0 Å². The van der Waals surface area contributed by atoms with Crippen molar-refractivity contribution in [1.82, 2.24) is 5.32 Å². The molecule has 0 amide bonds. The van der Waals surface area contributed by atoms with E-state index in [4.69, 9.17) is 0 Å². The Kier molecular flexibility index (Phi) is 12.3. The van der Waals surface area contributed by atoms with E-state index in [1.807, 2.05) is 19.9 Å². The summed E-state index contributed by atoms with van der Waals surface area (Å²) in [5.74, 6) is 0.237. The van der Waals surface area contributed by atoms with Gasteiger partial charge in [-0.15, -0.1) is 0 Å². The molecule has 256 valence electrons. The average molecular weight is 684 g/mol. The van der Waals surface area contributed by atoms with Gasteiger partial charge in [-0.3, -0.25) is 5.32 Å². The minimum absolute atomic E-state index is 0.0592. The van der Waals surface area contributed by atoms with Crippen LogP contribution in [0.25, 0.3) is 43.6 Å². The molecule has 6 aromatic carbocycles. The van der Waals surface area contributed by atoms with Crippen molar-refractivity contribution < 1.29 is 0 Å². The van der Waals surface area contributed by atoms with Crippen LogP contribution in [0, 0.1) is 0 Å². The van der Waals surface area contributed by atoms with Gasteiger partial charge in [0.25, 0.3) is 0 Å². The number of benzene rings is 6. The molecule has 3 unspecified atom stereocenters. The summed E-state index contributed by atoms with van der Waals surface area (Å²) in [4.78, 5) is 0. The summed E-state index contributed by atoms with van der Waals surface area (Å²) in [5.41, 5.74) is 10.3. The summed E-state index contributed by atoms with van der Waals surface area (Å²) in [7, 11) is 0.631. The first kappa shape index (κ1) is 36.0. The number of aryl methyl sites for hydroxylation is 1. The molecule has 0 bridgehead atoms. The van der Waals surface area contributed by atoms with Crippen molar-refractivity contribution in [3.05, 3.63) is 192 Å². The van der Waals surface area contributed by atoms with Gasteiger partial charge in [0, 0.05) is 0 Å². The quantitative estimate of drug-likeness (QED) is 0.0861. The first-order valence-corrected chi connectivity index (χ1v) is 19.6. The zero-order chi connectivity index (χ0) is 35.6. The Morgan fingerprint density at radius 3 is 2.06 bits per heavy atom. The van der Waals surface area contributed by atoms with Gasteiger partial charge in [0.1, 0.15) is 0 Å². The van der Waals surface area contributed by atoms with Crippen molar-refractivity contribution >= 4 is 41.0 Å². The maximum Gasteiger partial charge on any atom is 0.0542 e. The summed E-state index contributed by atoms with van der Waals surface area (Å²) in [5, 5.41) is 10.6. The van der Waals surface area contributed by atoms with Crippen molar-refractivity contribution in [2.24, 2.45) is 0 Å². The van der Waals surface area contributed by atoms with E-state index in [0.29, 0.717) is 8.58 Å². The van der Waals surface area contributed by atoms with Gasteiger partial charge in [-0.1, -0.05) is 194 Å². The number of hydrogen-bond donors (Lipinski definition) is 1. The molecule has 0 fully saturated rings. The molecule has 1 aliphatic heterocycles. The summed E-state index contributed by atoms with van der Waals surface area (Å²) in [6, 6.07) is 47.2. The fourth-order valence-electron chi connectivity index (χ4n) is 7.23. The topological polar surface area (TPSA) is 12.0 Å². The SMILES string of the molecule is C=C/C=C(\C=C/C)c1c2cc(CCCC)ccc2c(-c2ccccc2)c2cc(C3C=C(c4ccccc4)PC(c4ccccc4)N3)ccc12.CC. The molecule has 0 saturated carbocycles. The van der Waals surface area contributed by atoms with Gasteiger partial charge in [-0.05, 0) is 97.2 Å². The molecular weight excluding hydrogens is 634 g/mol. The molecule has 0 radical (unpaired) electrons. The fourth-order valence-corrected chi connectivity index (χ4v) is 8.76. The van der Waals surface area contributed by atoms with Crippen LogP contribution in [0.1, 0.15) is 80.2 Å². The predicted molar refractivity (Wildman–Crippen MR) is 228 cm³/mol. The number of hydrogen-bond acceptors (Lipinski definition) is 1. The molecule has 0 spiro atoms.